The highest BCUT2D eigenvalue weighted by molar-refractivity contribution is 7.11. The zero-order valence-corrected chi connectivity index (χ0v) is 15.4. The van der Waals surface area contributed by atoms with Gasteiger partial charge in [-0.3, -0.25) is 4.79 Å². The first kappa shape index (κ1) is 17.9. The maximum atomic E-state index is 12.1. The van der Waals surface area contributed by atoms with Gasteiger partial charge in [-0.15, -0.1) is 11.3 Å². The van der Waals surface area contributed by atoms with E-state index < -0.39 is 0 Å². The summed E-state index contributed by atoms with van der Waals surface area (Å²) in [7, 11) is 0. The summed E-state index contributed by atoms with van der Waals surface area (Å²) >= 11 is 1.65. The Morgan fingerprint density at radius 2 is 2.00 bits per heavy atom. The number of benzene rings is 1. The molecule has 1 aromatic carbocycles. The number of nitrogens with one attached hydrogen (secondary N) is 2. The van der Waals surface area contributed by atoms with Crippen molar-refractivity contribution in [2.75, 3.05) is 26.3 Å². The second-order valence-electron chi connectivity index (χ2n) is 6.33. The van der Waals surface area contributed by atoms with Crippen molar-refractivity contribution >= 4 is 23.3 Å². The summed E-state index contributed by atoms with van der Waals surface area (Å²) in [6.45, 7) is 7.36. The fourth-order valence-corrected chi connectivity index (χ4v) is 3.78. The number of amides is 1. The molecule has 0 aliphatic carbocycles. The summed E-state index contributed by atoms with van der Waals surface area (Å²) < 4.78 is 5.43. The van der Waals surface area contributed by atoms with E-state index in [1.807, 2.05) is 17.5 Å². The second-order valence-corrected chi connectivity index (χ2v) is 7.27. The molecule has 2 heterocycles. The molecule has 0 atom stereocenters. The van der Waals surface area contributed by atoms with Gasteiger partial charge in [-0.1, -0.05) is 24.3 Å². The van der Waals surface area contributed by atoms with Gasteiger partial charge in [0.2, 0.25) is 5.91 Å². The van der Waals surface area contributed by atoms with Gasteiger partial charge in [-0.2, -0.15) is 0 Å². The Morgan fingerprint density at radius 3 is 2.72 bits per heavy atom. The van der Waals surface area contributed by atoms with Gasteiger partial charge >= 0.3 is 0 Å². The van der Waals surface area contributed by atoms with Crippen molar-refractivity contribution in [1.82, 2.24) is 5.32 Å². The van der Waals surface area contributed by atoms with E-state index in [0.717, 1.165) is 37.7 Å². The predicted molar refractivity (Wildman–Crippen MR) is 102 cm³/mol. The molecule has 3 rings (SSSR count). The Bertz CT molecular complexity index is 733. The highest BCUT2D eigenvalue weighted by Crippen LogP contribution is 2.16. The maximum absolute atomic E-state index is 12.1. The molecule has 1 aliphatic rings. The number of carbonyl (C=O) groups excluding carboxylic acids is 1. The molecule has 132 valence electrons. The highest BCUT2D eigenvalue weighted by atomic mass is 32.1. The average Bonchev–Trinajstić information content (AvgIpc) is 3.05. The van der Waals surface area contributed by atoms with E-state index in [-0.39, 0.29) is 5.91 Å². The molecule has 5 heteroatoms. The van der Waals surface area contributed by atoms with Crippen LogP contribution in [0.25, 0.3) is 6.08 Å². The zero-order chi connectivity index (χ0) is 17.5. The van der Waals surface area contributed by atoms with Gasteiger partial charge in [0.05, 0.1) is 13.2 Å². The van der Waals surface area contributed by atoms with Crippen molar-refractivity contribution in [1.29, 1.82) is 0 Å². The van der Waals surface area contributed by atoms with E-state index in [2.05, 4.69) is 36.5 Å². The molecule has 25 heavy (non-hydrogen) atoms. The largest absolute Gasteiger partial charge is 0.370 e. The molecule has 0 bridgehead atoms. The van der Waals surface area contributed by atoms with Crippen LogP contribution in [0.3, 0.4) is 0 Å². The second kappa shape index (κ2) is 8.94. The van der Waals surface area contributed by atoms with Gasteiger partial charge < -0.3 is 15.0 Å². The number of ether oxygens (including phenoxy) is 1. The van der Waals surface area contributed by atoms with Crippen molar-refractivity contribution in [3.63, 3.8) is 0 Å². The van der Waals surface area contributed by atoms with Crippen LogP contribution in [0.2, 0.25) is 0 Å². The molecule has 2 N–H and O–H groups in total. The molecule has 1 aliphatic heterocycles. The number of hydrogen-bond acceptors (Lipinski definition) is 3. The molecule has 0 saturated carbocycles. The van der Waals surface area contributed by atoms with Crippen molar-refractivity contribution < 1.29 is 14.4 Å². The monoisotopic (exact) mass is 357 g/mol. The van der Waals surface area contributed by atoms with Crippen LogP contribution >= 0.6 is 11.3 Å². The van der Waals surface area contributed by atoms with Crippen LogP contribution in [-0.4, -0.2) is 32.2 Å². The minimum absolute atomic E-state index is 0.0543. The summed E-state index contributed by atoms with van der Waals surface area (Å²) in [5.41, 5.74) is 3.70. The molecule has 0 radical (unpaired) electrons. The Kier molecular flexibility index (Phi) is 6.39. The van der Waals surface area contributed by atoms with Gasteiger partial charge in [0.25, 0.3) is 0 Å². The van der Waals surface area contributed by atoms with E-state index in [1.165, 1.54) is 21.6 Å². The van der Waals surface area contributed by atoms with Gasteiger partial charge in [0.1, 0.15) is 19.6 Å². The summed E-state index contributed by atoms with van der Waals surface area (Å²) in [5.74, 6) is -0.0543. The number of quaternary nitrogens is 1. The third kappa shape index (κ3) is 5.26. The van der Waals surface area contributed by atoms with Gasteiger partial charge in [-0.25, -0.2) is 0 Å². The average molecular weight is 357 g/mol. The summed E-state index contributed by atoms with van der Waals surface area (Å²) in [4.78, 5) is 14.8. The molecule has 1 aromatic heterocycles. The molecular weight excluding hydrogens is 332 g/mol. The van der Waals surface area contributed by atoms with Crippen molar-refractivity contribution in [3.05, 3.63) is 63.4 Å². The molecule has 4 nitrogen and oxygen atoms in total. The summed E-state index contributed by atoms with van der Waals surface area (Å²) in [6, 6.07) is 10.4. The fraction of sp³-hybridized carbons (Fsp3) is 0.350. The molecular formula is C20H25N2O2S+. The smallest absolute Gasteiger partial charge is 0.244 e. The van der Waals surface area contributed by atoms with Crippen molar-refractivity contribution in [2.24, 2.45) is 0 Å². The zero-order valence-electron chi connectivity index (χ0n) is 14.6. The van der Waals surface area contributed by atoms with Crippen LogP contribution < -0.4 is 10.2 Å². The highest BCUT2D eigenvalue weighted by Gasteiger charge is 2.15. The van der Waals surface area contributed by atoms with Gasteiger partial charge in [0, 0.05) is 23.1 Å². The third-order valence-electron chi connectivity index (χ3n) is 4.50. The minimum Gasteiger partial charge on any atom is -0.370 e. The first-order chi connectivity index (χ1) is 12.2. The van der Waals surface area contributed by atoms with E-state index in [0.29, 0.717) is 6.54 Å². The number of hydrogen-bond donors (Lipinski definition) is 2. The molecule has 1 fully saturated rings. The van der Waals surface area contributed by atoms with Crippen LogP contribution in [-0.2, 0) is 22.6 Å². The Morgan fingerprint density at radius 1 is 1.24 bits per heavy atom. The van der Waals surface area contributed by atoms with E-state index in [4.69, 9.17) is 4.74 Å². The Hall–Kier alpha value is -1.95. The molecule has 1 saturated heterocycles. The number of aryl methyl sites for hydroxylation is 1. The fourth-order valence-electron chi connectivity index (χ4n) is 2.96. The van der Waals surface area contributed by atoms with Crippen molar-refractivity contribution in [3.8, 4) is 0 Å². The molecule has 1 amide bonds. The Balaban J connectivity index is 1.56. The quantitative estimate of drug-likeness (QED) is 0.774. The van der Waals surface area contributed by atoms with E-state index in [1.54, 1.807) is 17.4 Å². The normalized spacial score (nSPS) is 15.6. The lowest BCUT2D eigenvalue weighted by molar-refractivity contribution is -0.921. The summed E-state index contributed by atoms with van der Waals surface area (Å²) in [6.07, 6.45) is 3.51. The number of morpholine rings is 1. The molecule has 2 aromatic rings. The standard InChI is InChI=1S/C20H24N2O2S/c1-16-8-13-25-19(16)6-7-20(23)21-14-17-4-2-3-5-18(17)15-22-9-11-24-12-10-22/h2-8,13H,9-12,14-15H2,1H3,(H,21,23)/p+1/b7-6+. The lowest BCUT2D eigenvalue weighted by atomic mass is 10.1. The maximum Gasteiger partial charge on any atom is 0.244 e. The topological polar surface area (TPSA) is 42.8 Å². The van der Waals surface area contributed by atoms with Crippen LogP contribution in [0, 0.1) is 6.92 Å². The van der Waals surface area contributed by atoms with E-state index in [9.17, 15) is 4.79 Å². The number of rotatable bonds is 6. The van der Waals surface area contributed by atoms with Crippen LogP contribution in [0.1, 0.15) is 21.6 Å². The summed E-state index contributed by atoms with van der Waals surface area (Å²) in [5, 5.41) is 5.04. The van der Waals surface area contributed by atoms with E-state index >= 15 is 0 Å². The van der Waals surface area contributed by atoms with Crippen LogP contribution in [0.4, 0.5) is 0 Å². The first-order valence-electron chi connectivity index (χ1n) is 8.70. The number of thiophene rings is 1. The molecule has 0 unspecified atom stereocenters. The third-order valence-corrected chi connectivity index (χ3v) is 5.48. The van der Waals surface area contributed by atoms with Crippen molar-refractivity contribution in [2.45, 2.75) is 20.0 Å². The number of carbonyl (C=O) groups is 1. The lowest BCUT2D eigenvalue weighted by Crippen LogP contribution is -3.12. The van der Waals surface area contributed by atoms with Crippen LogP contribution in [0.15, 0.2) is 41.8 Å². The minimum atomic E-state index is -0.0543. The SMILES string of the molecule is Cc1ccsc1/C=C/C(=O)NCc1ccccc1C[NH+]1CCOCC1. The van der Waals surface area contributed by atoms with Gasteiger partial charge in [0.15, 0.2) is 0 Å². The van der Waals surface area contributed by atoms with Crippen LogP contribution in [0.5, 0.6) is 0 Å². The molecule has 0 spiro atoms. The van der Waals surface area contributed by atoms with Gasteiger partial charge in [-0.05, 0) is 35.6 Å². The first-order valence-corrected chi connectivity index (χ1v) is 9.58. The Labute approximate surface area is 153 Å². The predicted octanol–water partition coefficient (Wildman–Crippen LogP) is 1.80. The lowest BCUT2D eigenvalue weighted by Gasteiger charge is -2.24.